The van der Waals surface area contributed by atoms with Crippen LogP contribution < -0.4 is 4.90 Å². The van der Waals surface area contributed by atoms with Gasteiger partial charge >= 0.3 is 0 Å². The second-order valence-corrected chi connectivity index (χ2v) is 7.10. The molecule has 1 aliphatic rings. The molecular formula is C27H21N. The summed E-state index contributed by atoms with van der Waals surface area (Å²) in [6, 6.07) is 36.5. The third kappa shape index (κ3) is 2.73. The molecule has 0 atom stereocenters. The van der Waals surface area contributed by atoms with Gasteiger partial charge in [0.15, 0.2) is 0 Å². The summed E-state index contributed by atoms with van der Waals surface area (Å²) in [6.45, 7) is 0. The fourth-order valence-corrected chi connectivity index (χ4v) is 4.08. The SMILES string of the molecule is CN1c2ccccc2C(=Cc2ccccc2-c2ccccc2)c2ccccc21. The fourth-order valence-electron chi connectivity index (χ4n) is 4.08. The minimum Gasteiger partial charge on any atom is -0.344 e. The standard InChI is InChI=1S/C27H21N/c1-28-26-17-9-7-15-23(26)25(24-16-8-10-18-27(24)28)19-21-13-5-6-14-22(21)20-11-3-2-4-12-20/h2-19H,1H3. The molecule has 4 aromatic rings. The maximum absolute atomic E-state index is 2.34. The van der Waals surface area contributed by atoms with E-state index in [1.54, 1.807) is 0 Å². The first-order valence-corrected chi connectivity index (χ1v) is 9.61. The largest absolute Gasteiger partial charge is 0.344 e. The summed E-state index contributed by atoms with van der Waals surface area (Å²) in [6.07, 6.45) is 2.34. The van der Waals surface area contributed by atoms with Crippen molar-refractivity contribution in [3.8, 4) is 11.1 Å². The van der Waals surface area contributed by atoms with E-state index in [9.17, 15) is 0 Å². The Hall–Kier alpha value is -3.58. The normalized spacial score (nSPS) is 12.3. The number of para-hydroxylation sites is 2. The second kappa shape index (κ2) is 6.86. The molecular weight excluding hydrogens is 338 g/mol. The van der Waals surface area contributed by atoms with Crippen LogP contribution in [0.3, 0.4) is 0 Å². The highest BCUT2D eigenvalue weighted by Crippen LogP contribution is 2.45. The lowest BCUT2D eigenvalue weighted by molar-refractivity contribution is 1.17. The average molecular weight is 359 g/mol. The van der Waals surface area contributed by atoms with Gasteiger partial charge in [0.2, 0.25) is 0 Å². The molecule has 0 fully saturated rings. The Balaban J connectivity index is 1.76. The Morgan fingerprint density at radius 1 is 0.536 bits per heavy atom. The Morgan fingerprint density at radius 2 is 1.04 bits per heavy atom. The van der Waals surface area contributed by atoms with Crippen molar-refractivity contribution < 1.29 is 0 Å². The van der Waals surface area contributed by atoms with Crippen LogP contribution in [-0.4, -0.2) is 7.05 Å². The molecule has 1 heteroatoms. The van der Waals surface area contributed by atoms with Gasteiger partial charge in [-0.2, -0.15) is 0 Å². The first-order chi connectivity index (χ1) is 13.8. The molecule has 0 saturated carbocycles. The van der Waals surface area contributed by atoms with Crippen molar-refractivity contribution in [2.45, 2.75) is 0 Å². The summed E-state index contributed by atoms with van der Waals surface area (Å²) < 4.78 is 0. The molecule has 0 radical (unpaired) electrons. The van der Waals surface area contributed by atoms with E-state index < -0.39 is 0 Å². The number of nitrogens with zero attached hydrogens (tertiary/aromatic N) is 1. The zero-order valence-electron chi connectivity index (χ0n) is 15.8. The number of fused-ring (bicyclic) bond motifs is 2. The Labute approximate surface area is 166 Å². The van der Waals surface area contributed by atoms with E-state index in [-0.39, 0.29) is 0 Å². The third-order valence-corrected chi connectivity index (χ3v) is 5.46. The van der Waals surface area contributed by atoms with Crippen molar-refractivity contribution in [1.29, 1.82) is 0 Å². The van der Waals surface area contributed by atoms with Gasteiger partial charge in [-0.05, 0) is 40.5 Å². The van der Waals surface area contributed by atoms with Gasteiger partial charge in [0.25, 0.3) is 0 Å². The Morgan fingerprint density at radius 3 is 1.68 bits per heavy atom. The van der Waals surface area contributed by atoms with Crippen molar-refractivity contribution in [3.05, 3.63) is 120 Å². The summed E-state index contributed by atoms with van der Waals surface area (Å²) in [5.74, 6) is 0. The van der Waals surface area contributed by atoms with Crippen LogP contribution in [0.2, 0.25) is 0 Å². The lowest BCUT2D eigenvalue weighted by Gasteiger charge is -2.32. The fraction of sp³-hybridized carbons (Fsp3) is 0.0370. The van der Waals surface area contributed by atoms with Crippen LogP contribution >= 0.6 is 0 Å². The molecule has 0 bridgehead atoms. The van der Waals surface area contributed by atoms with E-state index in [4.69, 9.17) is 0 Å². The summed E-state index contributed by atoms with van der Waals surface area (Å²) in [7, 11) is 2.15. The van der Waals surface area contributed by atoms with E-state index in [0.717, 1.165) is 0 Å². The van der Waals surface area contributed by atoms with Crippen molar-refractivity contribution in [2.24, 2.45) is 0 Å². The first kappa shape index (κ1) is 16.6. The number of anilines is 2. The zero-order valence-corrected chi connectivity index (χ0v) is 15.8. The Kier molecular flexibility index (Phi) is 4.06. The molecule has 0 spiro atoms. The van der Waals surface area contributed by atoms with Gasteiger partial charge < -0.3 is 4.90 Å². The van der Waals surface area contributed by atoms with Gasteiger partial charge in [-0.25, -0.2) is 0 Å². The van der Waals surface area contributed by atoms with Gasteiger partial charge in [-0.15, -0.1) is 0 Å². The second-order valence-electron chi connectivity index (χ2n) is 7.10. The molecule has 28 heavy (non-hydrogen) atoms. The summed E-state index contributed by atoms with van der Waals surface area (Å²) in [4.78, 5) is 2.28. The topological polar surface area (TPSA) is 3.24 Å². The predicted molar refractivity (Wildman–Crippen MR) is 120 cm³/mol. The zero-order chi connectivity index (χ0) is 18.9. The van der Waals surface area contributed by atoms with Crippen molar-refractivity contribution in [2.75, 3.05) is 11.9 Å². The van der Waals surface area contributed by atoms with Crippen LogP contribution in [0.1, 0.15) is 16.7 Å². The van der Waals surface area contributed by atoms with Crippen LogP contribution in [0.15, 0.2) is 103 Å². The average Bonchev–Trinajstić information content (AvgIpc) is 2.77. The minimum absolute atomic E-state index is 1.23. The van der Waals surface area contributed by atoms with Crippen molar-refractivity contribution in [3.63, 3.8) is 0 Å². The van der Waals surface area contributed by atoms with Crippen molar-refractivity contribution >= 4 is 23.0 Å². The quantitative estimate of drug-likeness (QED) is 0.371. The lowest BCUT2D eigenvalue weighted by Crippen LogP contribution is -2.17. The van der Waals surface area contributed by atoms with Gasteiger partial charge in [0.1, 0.15) is 0 Å². The Bertz CT molecular complexity index is 1120. The first-order valence-electron chi connectivity index (χ1n) is 9.61. The summed E-state index contributed by atoms with van der Waals surface area (Å²) in [5.41, 5.74) is 10.0. The molecule has 1 nitrogen and oxygen atoms in total. The molecule has 1 aliphatic heterocycles. The van der Waals surface area contributed by atoms with E-state index >= 15 is 0 Å². The highest BCUT2D eigenvalue weighted by Gasteiger charge is 2.23. The maximum Gasteiger partial charge on any atom is 0.0488 e. The van der Waals surface area contributed by atoms with Crippen LogP contribution in [0.25, 0.3) is 22.8 Å². The number of rotatable bonds is 2. The molecule has 134 valence electrons. The molecule has 1 heterocycles. The summed E-state index contributed by atoms with van der Waals surface area (Å²) >= 11 is 0. The van der Waals surface area contributed by atoms with Crippen LogP contribution in [0.4, 0.5) is 11.4 Å². The lowest BCUT2D eigenvalue weighted by atomic mass is 9.88. The molecule has 0 N–H and O–H groups in total. The van der Waals surface area contributed by atoms with Crippen LogP contribution in [0, 0.1) is 0 Å². The maximum atomic E-state index is 2.34. The molecule has 0 aromatic heterocycles. The van der Waals surface area contributed by atoms with E-state index in [0.29, 0.717) is 0 Å². The molecule has 0 saturated heterocycles. The molecule has 0 aliphatic carbocycles. The molecule has 0 amide bonds. The van der Waals surface area contributed by atoms with Crippen LogP contribution in [0.5, 0.6) is 0 Å². The number of hydrogen-bond acceptors (Lipinski definition) is 1. The van der Waals surface area contributed by atoms with E-state index in [1.807, 2.05) is 0 Å². The number of hydrogen-bond donors (Lipinski definition) is 0. The predicted octanol–water partition coefficient (Wildman–Crippen LogP) is 7.02. The van der Waals surface area contributed by atoms with Crippen molar-refractivity contribution in [1.82, 2.24) is 0 Å². The monoisotopic (exact) mass is 359 g/mol. The smallest absolute Gasteiger partial charge is 0.0488 e. The van der Waals surface area contributed by atoms with Crippen LogP contribution in [-0.2, 0) is 0 Å². The van der Waals surface area contributed by atoms with Gasteiger partial charge in [0.05, 0.1) is 0 Å². The summed E-state index contributed by atoms with van der Waals surface area (Å²) in [5, 5.41) is 0. The highest BCUT2D eigenvalue weighted by molar-refractivity contribution is 6.04. The van der Waals surface area contributed by atoms with E-state index in [2.05, 4.69) is 121 Å². The molecule has 4 aromatic carbocycles. The number of benzene rings is 4. The third-order valence-electron chi connectivity index (χ3n) is 5.46. The highest BCUT2D eigenvalue weighted by atomic mass is 15.1. The van der Waals surface area contributed by atoms with Gasteiger partial charge in [-0.3, -0.25) is 0 Å². The molecule has 0 unspecified atom stereocenters. The van der Waals surface area contributed by atoms with E-state index in [1.165, 1.54) is 44.8 Å². The molecule has 5 rings (SSSR count). The van der Waals surface area contributed by atoms with Gasteiger partial charge in [-0.1, -0.05) is 91.0 Å². The van der Waals surface area contributed by atoms with Gasteiger partial charge in [0, 0.05) is 29.5 Å². The minimum atomic E-state index is 1.23.